The second-order valence-corrected chi connectivity index (χ2v) is 4.91. The van der Waals surface area contributed by atoms with Crippen molar-refractivity contribution in [3.05, 3.63) is 34.3 Å². The Morgan fingerprint density at radius 3 is 2.53 bits per heavy atom. The van der Waals surface area contributed by atoms with Crippen molar-refractivity contribution in [1.29, 1.82) is 0 Å². The number of nitrogens with zero attached hydrogens (tertiary/aromatic N) is 1. The molecular formula is C12H16BrNO. The topological polar surface area (TPSA) is 20.3 Å². The molecule has 0 bridgehead atoms. The lowest BCUT2D eigenvalue weighted by Crippen LogP contribution is -2.30. The van der Waals surface area contributed by atoms with Crippen LogP contribution in [0.3, 0.4) is 0 Å². The van der Waals surface area contributed by atoms with Crippen LogP contribution in [-0.2, 0) is 0 Å². The Balaban J connectivity index is 2.81. The molecule has 0 aliphatic carbocycles. The molecule has 0 heterocycles. The molecule has 1 amide bonds. The van der Waals surface area contributed by atoms with Crippen LogP contribution < -0.4 is 0 Å². The highest BCUT2D eigenvalue weighted by Gasteiger charge is 2.14. The minimum atomic E-state index is 0.0659. The van der Waals surface area contributed by atoms with Gasteiger partial charge in [0.05, 0.1) is 5.56 Å². The first kappa shape index (κ1) is 12.2. The second kappa shape index (κ2) is 5.31. The molecule has 15 heavy (non-hydrogen) atoms. The normalized spacial score (nSPS) is 10.5. The summed E-state index contributed by atoms with van der Waals surface area (Å²) in [4.78, 5) is 13.8. The minimum Gasteiger partial charge on any atom is -0.341 e. The molecule has 1 aromatic carbocycles. The maximum absolute atomic E-state index is 12.0. The standard InChI is InChI=1S/C12H16BrNO/c1-9(2)8-14(3)12(15)10-6-4-5-7-11(10)13/h4-7,9H,8H2,1-3H3. The lowest BCUT2D eigenvalue weighted by Gasteiger charge is -2.19. The van der Waals surface area contributed by atoms with E-state index in [1.54, 1.807) is 4.90 Å². The van der Waals surface area contributed by atoms with Crippen molar-refractivity contribution >= 4 is 21.8 Å². The molecule has 0 spiro atoms. The van der Waals surface area contributed by atoms with Crippen LogP contribution in [0.15, 0.2) is 28.7 Å². The fourth-order valence-corrected chi connectivity index (χ4v) is 1.93. The summed E-state index contributed by atoms with van der Waals surface area (Å²) in [5.41, 5.74) is 0.723. The number of halogens is 1. The third-order valence-corrected chi connectivity index (χ3v) is 2.78. The van der Waals surface area contributed by atoms with E-state index in [9.17, 15) is 4.79 Å². The van der Waals surface area contributed by atoms with E-state index in [1.807, 2.05) is 31.3 Å². The van der Waals surface area contributed by atoms with Gasteiger partial charge in [0.25, 0.3) is 5.91 Å². The summed E-state index contributed by atoms with van der Waals surface area (Å²) in [5.74, 6) is 0.553. The number of hydrogen-bond acceptors (Lipinski definition) is 1. The van der Waals surface area contributed by atoms with Gasteiger partial charge in [0.15, 0.2) is 0 Å². The van der Waals surface area contributed by atoms with Crippen LogP contribution in [-0.4, -0.2) is 24.4 Å². The van der Waals surface area contributed by atoms with Gasteiger partial charge < -0.3 is 4.90 Å². The van der Waals surface area contributed by atoms with E-state index in [2.05, 4.69) is 29.8 Å². The average molecular weight is 270 g/mol. The van der Waals surface area contributed by atoms with Crippen molar-refractivity contribution in [3.63, 3.8) is 0 Å². The van der Waals surface area contributed by atoms with E-state index in [0.29, 0.717) is 5.92 Å². The maximum atomic E-state index is 12.0. The van der Waals surface area contributed by atoms with Crippen LogP contribution >= 0.6 is 15.9 Å². The first-order valence-electron chi connectivity index (χ1n) is 5.02. The molecule has 0 aliphatic heterocycles. The van der Waals surface area contributed by atoms with Gasteiger partial charge in [-0.1, -0.05) is 26.0 Å². The van der Waals surface area contributed by atoms with Crippen LogP contribution in [0, 0.1) is 5.92 Å². The van der Waals surface area contributed by atoms with Gasteiger partial charge >= 0.3 is 0 Å². The molecule has 0 aliphatic rings. The van der Waals surface area contributed by atoms with Crippen LogP contribution in [0.5, 0.6) is 0 Å². The Labute approximate surface area is 99.4 Å². The summed E-state index contributed by atoms with van der Waals surface area (Å²) in [6.07, 6.45) is 0. The molecule has 0 aromatic heterocycles. The van der Waals surface area contributed by atoms with Crippen molar-refractivity contribution in [3.8, 4) is 0 Å². The highest BCUT2D eigenvalue weighted by molar-refractivity contribution is 9.10. The highest BCUT2D eigenvalue weighted by atomic mass is 79.9. The summed E-state index contributed by atoms with van der Waals surface area (Å²) in [6.45, 7) is 4.98. The van der Waals surface area contributed by atoms with Gasteiger partial charge in [-0.15, -0.1) is 0 Å². The second-order valence-electron chi connectivity index (χ2n) is 4.06. The average Bonchev–Trinajstić information content (AvgIpc) is 2.16. The van der Waals surface area contributed by atoms with E-state index in [0.717, 1.165) is 16.6 Å². The third-order valence-electron chi connectivity index (χ3n) is 2.09. The Kier molecular flexibility index (Phi) is 4.33. The monoisotopic (exact) mass is 269 g/mol. The zero-order chi connectivity index (χ0) is 11.4. The molecule has 0 unspecified atom stereocenters. The van der Waals surface area contributed by atoms with Crippen LogP contribution in [0.2, 0.25) is 0 Å². The van der Waals surface area contributed by atoms with E-state index in [-0.39, 0.29) is 5.91 Å². The number of hydrogen-bond donors (Lipinski definition) is 0. The lowest BCUT2D eigenvalue weighted by atomic mass is 10.1. The molecule has 0 saturated heterocycles. The fraction of sp³-hybridized carbons (Fsp3) is 0.417. The Morgan fingerprint density at radius 2 is 2.00 bits per heavy atom. The number of benzene rings is 1. The molecule has 0 radical (unpaired) electrons. The SMILES string of the molecule is CC(C)CN(C)C(=O)c1ccccc1Br. The Morgan fingerprint density at radius 1 is 1.40 bits per heavy atom. The van der Waals surface area contributed by atoms with Crippen molar-refractivity contribution in [1.82, 2.24) is 4.90 Å². The quantitative estimate of drug-likeness (QED) is 0.826. The highest BCUT2D eigenvalue weighted by Crippen LogP contribution is 2.17. The Hall–Kier alpha value is -0.830. The van der Waals surface area contributed by atoms with Gasteiger partial charge in [-0.2, -0.15) is 0 Å². The van der Waals surface area contributed by atoms with Gasteiger partial charge in [0.2, 0.25) is 0 Å². The molecule has 0 saturated carbocycles. The lowest BCUT2D eigenvalue weighted by molar-refractivity contribution is 0.0778. The zero-order valence-corrected chi connectivity index (χ0v) is 10.9. The van der Waals surface area contributed by atoms with E-state index >= 15 is 0 Å². The predicted molar refractivity (Wildman–Crippen MR) is 65.9 cm³/mol. The molecule has 1 rings (SSSR count). The van der Waals surface area contributed by atoms with Crippen LogP contribution in [0.1, 0.15) is 24.2 Å². The maximum Gasteiger partial charge on any atom is 0.254 e. The summed E-state index contributed by atoms with van der Waals surface area (Å²) in [6, 6.07) is 7.50. The van der Waals surface area contributed by atoms with Crippen LogP contribution in [0.4, 0.5) is 0 Å². The number of carbonyl (C=O) groups excluding carboxylic acids is 1. The Bertz CT molecular complexity index is 349. The van der Waals surface area contributed by atoms with E-state index in [4.69, 9.17) is 0 Å². The van der Waals surface area contributed by atoms with Gasteiger partial charge in [-0.3, -0.25) is 4.79 Å². The van der Waals surface area contributed by atoms with Gasteiger partial charge in [-0.25, -0.2) is 0 Å². The smallest absolute Gasteiger partial charge is 0.254 e. The molecule has 1 aromatic rings. The molecule has 3 heteroatoms. The number of amides is 1. The summed E-state index contributed by atoms with van der Waals surface area (Å²) >= 11 is 3.38. The van der Waals surface area contributed by atoms with Crippen molar-refractivity contribution in [2.24, 2.45) is 5.92 Å². The molecule has 82 valence electrons. The molecule has 0 N–H and O–H groups in total. The number of carbonyl (C=O) groups is 1. The first-order chi connectivity index (χ1) is 7.02. The van der Waals surface area contributed by atoms with Crippen LogP contribution in [0.25, 0.3) is 0 Å². The minimum absolute atomic E-state index is 0.0659. The summed E-state index contributed by atoms with van der Waals surface area (Å²) < 4.78 is 0.852. The fourth-order valence-electron chi connectivity index (χ4n) is 1.47. The summed E-state index contributed by atoms with van der Waals surface area (Å²) in [5, 5.41) is 0. The molecule has 2 nitrogen and oxygen atoms in total. The van der Waals surface area contributed by atoms with E-state index in [1.165, 1.54) is 0 Å². The first-order valence-corrected chi connectivity index (χ1v) is 5.81. The largest absolute Gasteiger partial charge is 0.341 e. The molecule has 0 fully saturated rings. The molecule has 0 atom stereocenters. The molecular weight excluding hydrogens is 254 g/mol. The van der Waals surface area contributed by atoms with Gasteiger partial charge in [0.1, 0.15) is 0 Å². The third kappa shape index (κ3) is 3.34. The zero-order valence-electron chi connectivity index (χ0n) is 9.33. The summed E-state index contributed by atoms with van der Waals surface area (Å²) in [7, 11) is 1.84. The van der Waals surface area contributed by atoms with Crippen molar-refractivity contribution in [2.45, 2.75) is 13.8 Å². The number of rotatable bonds is 3. The van der Waals surface area contributed by atoms with Crippen molar-refractivity contribution < 1.29 is 4.79 Å². The van der Waals surface area contributed by atoms with Gasteiger partial charge in [-0.05, 0) is 34.0 Å². The predicted octanol–water partition coefficient (Wildman–Crippen LogP) is 3.18. The van der Waals surface area contributed by atoms with Gasteiger partial charge in [0, 0.05) is 18.1 Å². The van der Waals surface area contributed by atoms with Crippen molar-refractivity contribution in [2.75, 3.05) is 13.6 Å². The van der Waals surface area contributed by atoms with E-state index < -0.39 is 0 Å².